The van der Waals surface area contributed by atoms with Gasteiger partial charge >= 0.3 is 0 Å². The molecule has 5 heteroatoms. The second-order valence-corrected chi connectivity index (χ2v) is 8.18. The summed E-state index contributed by atoms with van der Waals surface area (Å²) >= 11 is 0. The molecular weight excluding hydrogens is 388 g/mol. The van der Waals surface area contributed by atoms with Gasteiger partial charge in [0.1, 0.15) is 5.75 Å². The molecule has 166 valence electrons. The average Bonchev–Trinajstić information content (AvgIpc) is 2.81. The van der Waals surface area contributed by atoms with Crippen molar-refractivity contribution in [2.75, 3.05) is 19.7 Å². The van der Waals surface area contributed by atoms with Crippen molar-refractivity contribution in [3.63, 3.8) is 0 Å². The summed E-state index contributed by atoms with van der Waals surface area (Å²) < 4.78 is 5.54. The molecule has 31 heavy (non-hydrogen) atoms. The second-order valence-electron chi connectivity index (χ2n) is 8.18. The Labute approximate surface area is 185 Å². The Morgan fingerprint density at radius 1 is 0.935 bits per heavy atom. The summed E-state index contributed by atoms with van der Waals surface area (Å²) in [6.07, 6.45) is 5.20. The lowest BCUT2D eigenvalue weighted by Gasteiger charge is -2.27. The molecule has 1 fully saturated rings. The van der Waals surface area contributed by atoms with Gasteiger partial charge in [0.25, 0.3) is 0 Å². The zero-order valence-electron chi connectivity index (χ0n) is 18.6. The van der Waals surface area contributed by atoms with Gasteiger partial charge in [0.2, 0.25) is 5.91 Å². The number of hydrogen-bond donors (Lipinski definition) is 1. The van der Waals surface area contributed by atoms with Gasteiger partial charge in [-0.2, -0.15) is 0 Å². The van der Waals surface area contributed by atoms with E-state index in [0.29, 0.717) is 18.7 Å². The van der Waals surface area contributed by atoms with Crippen molar-refractivity contribution in [2.45, 2.75) is 58.5 Å². The Bertz CT molecular complexity index is 842. The van der Waals surface area contributed by atoms with Gasteiger partial charge in [-0.15, -0.1) is 0 Å². The zero-order chi connectivity index (χ0) is 21.9. The van der Waals surface area contributed by atoms with Crippen molar-refractivity contribution < 1.29 is 14.3 Å². The van der Waals surface area contributed by atoms with E-state index in [9.17, 15) is 9.59 Å². The molecule has 2 aromatic carbocycles. The molecule has 0 aromatic heterocycles. The maximum atomic E-state index is 12.4. The number of Topliss-reactive ketones (excluding diaryl/α,β-unsaturated/α-hetero) is 1. The van der Waals surface area contributed by atoms with E-state index in [4.69, 9.17) is 4.74 Å². The molecule has 0 spiro atoms. The predicted molar refractivity (Wildman–Crippen MR) is 123 cm³/mol. The Morgan fingerprint density at radius 3 is 2.35 bits per heavy atom. The maximum Gasteiger partial charge on any atom is 0.220 e. The van der Waals surface area contributed by atoms with Crippen molar-refractivity contribution in [3.05, 3.63) is 65.2 Å². The molecule has 1 aliphatic heterocycles. The molecular formula is C26H34N2O3. The number of likely N-dealkylation sites (tertiary alicyclic amines) is 1. The summed E-state index contributed by atoms with van der Waals surface area (Å²) in [6, 6.07) is 15.4. The van der Waals surface area contributed by atoms with E-state index in [0.717, 1.165) is 37.4 Å². The number of hydrogen-bond acceptors (Lipinski definition) is 4. The minimum Gasteiger partial charge on any atom is -0.494 e. The van der Waals surface area contributed by atoms with Gasteiger partial charge in [-0.05, 0) is 67.7 Å². The third kappa shape index (κ3) is 7.51. The van der Waals surface area contributed by atoms with E-state index >= 15 is 0 Å². The fraction of sp³-hybridized carbons (Fsp3) is 0.462. The number of piperidine rings is 1. The average molecular weight is 423 g/mol. The van der Waals surface area contributed by atoms with E-state index < -0.39 is 0 Å². The van der Waals surface area contributed by atoms with Crippen LogP contribution in [0.3, 0.4) is 0 Å². The number of nitrogens with one attached hydrogen (secondary N) is 1. The molecule has 5 nitrogen and oxygen atoms in total. The number of carbonyl (C=O) groups is 2. The van der Waals surface area contributed by atoms with Gasteiger partial charge in [-0.25, -0.2) is 0 Å². The van der Waals surface area contributed by atoms with Crippen LogP contribution in [0.2, 0.25) is 0 Å². The van der Waals surface area contributed by atoms with Crippen molar-refractivity contribution in [2.24, 2.45) is 0 Å². The van der Waals surface area contributed by atoms with Crippen LogP contribution in [0.4, 0.5) is 0 Å². The largest absolute Gasteiger partial charge is 0.494 e. The first kappa shape index (κ1) is 23.0. The number of amides is 1. The minimum atomic E-state index is -0.0935. The van der Waals surface area contributed by atoms with Crippen molar-refractivity contribution in [1.82, 2.24) is 10.2 Å². The van der Waals surface area contributed by atoms with Crippen LogP contribution < -0.4 is 10.1 Å². The third-order valence-corrected chi connectivity index (χ3v) is 5.67. The molecule has 1 aliphatic rings. The molecule has 0 aliphatic carbocycles. The topological polar surface area (TPSA) is 58.6 Å². The summed E-state index contributed by atoms with van der Waals surface area (Å²) in [4.78, 5) is 27.2. The molecule has 0 bridgehead atoms. The number of carbonyl (C=O) groups excluding carboxylic acids is 2. The third-order valence-electron chi connectivity index (χ3n) is 5.67. The monoisotopic (exact) mass is 422 g/mol. The standard InChI is InChI=1S/C26H34N2O3/c1-2-18-31-24-12-10-21(11-13-24)25(29)14-15-26(30)27-19-22-8-4-5-9-23(22)20-28-16-6-3-7-17-28/h4-5,8-13H,2-3,6-7,14-20H2,1H3,(H,27,30). The first-order valence-electron chi connectivity index (χ1n) is 11.5. The van der Waals surface area contributed by atoms with E-state index in [1.54, 1.807) is 12.1 Å². The van der Waals surface area contributed by atoms with Gasteiger partial charge in [0, 0.05) is 31.5 Å². The van der Waals surface area contributed by atoms with Crippen LogP contribution in [0, 0.1) is 0 Å². The van der Waals surface area contributed by atoms with Crippen LogP contribution in [0.1, 0.15) is 66.9 Å². The van der Waals surface area contributed by atoms with Crippen LogP contribution in [0.15, 0.2) is 48.5 Å². The highest BCUT2D eigenvalue weighted by atomic mass is 16.5. The van der Waals surface area contributed by atoms with Crippen LogP contribution in [-0.4, -0.2) is 36.3 Å². The lowest BCUT2D eigenvalue weighted by Crippen LogP contribution is -2.30. The summed E-state index contributed by atoms with van der Waals surface area (Å²) in [5.41, 5.74) is 3.03. The Kier molecular flexibility index (Phi) is 9.10. The van der Waals surface area contributed by atoms with Crippen LogP contribution in [0.5, 0.6) is 5.75 Å². The van der Waals surface area contributed by atoms with Crippen LogP contribution in [-0.2, 0) is 17.9 Å². The van der Waals surface area contributed by atoms with Crippen LogP contribution in [0.25, 0.3) is 0 Å². The molecule has 0 atom stereocenters. The van der Waals surface area contributed by atoms with Gasteiger partial charge in [-0.1, -0.05) is 37.6 Å². The lowest BCUT2D eigenvalue weighted by molar-refractivity contribution is -0.121. The smallest absolute Gasteiger partial charge is 0.220 e. The van der Waals surface area contributed by atoms with E-state index in [-0.39, 0.29) is 24.5 Å². The minimum absolute atomic E-state index is 0.0253. The van der Waals surface area contributed by atoms with Gasteiger partial charge < -0.3 is 10.1 Å². The molecule has 0 radical (unpaired) electrons. The predicted octanol–water partition coefficient (Wildman–Crippen LogP) is 4.74. The molecule has 1 saturated heterocycles. The van der Waals surface area contributed by atoms with E-state index in [1.807, 2.05) is 18.2 Å². The number of benzene rings is 2. The summed E-state index contributed by atoms with van der Waals surface area (Å²) in [5.74, 6) is 0.645. The van der Waals surface area contributed by atoms with Crippen molar-refractivity contribution >= 4 is 11.7 Å². The fourth-order valence-corrected chi connectivity index (χ4v) is 3.85. The highest BCUT2D eigenvalue weighted by Crippen LogP contribution is 2.17. The SMILES string of the molecule is CCCOc1ccc(C(=O)CCC(=O)NCc2ccccc2CN2CCCCC2)cc1. The molecule has 1 N–H and O–H groups in total. The van der Waals surface area contributed by atoms with Gasteiger partial charge in [0.05, 0.1) is 6.61 Å². The molecule has 1 amide bonds. The number of rotatable bonds is 11. The zero-order valence-corrected chi connectivity index (χ0v) is 18.6. The van der Waals surface area contributed by atoms with Gasteiger partial charge in [-0.3, -0.25) is 14.5 Å². The second kappa shape index (κ2) is 12.3. The highest BCUT2D eigenvalue weighted by molar-refractivity contribution is 5.98. The number of nitrogens with zero attached hydrogens (tertiary/aromatic N) is 1. The van der Waals surface area contributed by atoms with Crippen LogP contribution >= 0.6 is 0 Å². The van der Waals surface area contributed by atoms with Crippen molar-refractivity contribution in [3.8, 4) is 5.75 Å². The Hall–Kier alpha value is -2.66. The molecule has 0 unspecified atom stereocenters. The number of ether oxygens (including phenoxy) is 1. The molecule has 0 saturated carbocycles. The summed E-state index contributed by atoms with van der Waals surface area (Å²) in [6.45, 7) is 6.44. The van der Waals surface area contributed by atoms with E-state index in [1.165, 1.54) is 24.8 Å². The summed E-state index contributed by atoms with van der Waals surface area (Å²) in [7, 11) is 0. The molecule has 3 rings (SSSR count). The number of ketones is 1. The quantitative estimate of drug-likeness (QED) is 0.532. The van der Waals surface area contributed by atoms with E-state index in [2.05, 4.69) is 35.3 Å². The fourth-order valence-electron chi connectivity index (χ4n) is 3.85. The Morgan fingerprint density at radius 2 is 1.65 bits per heavy atom. The van der Waals surface area contributed by atoms with Crippen molar-refractivity contribution in [1.29, 1.82) is 0 Å². The maximum absolute atomic E-state index is 12.4. The Balaban J connectivity index is 1.44. The van der Waals surface area contributed by atoms with Gasteiger partial charge in [0.15, 0.2) is 5.78 Å². The summed E-state index contributed by atoms with van der Waals surface area (Å²) in [5, 5.41) is 2.99. The molecule has 2 aromatic rings. The normalized spacial score (nSPS) is 14.2. The highest BCUT2D eigenvalue weighted by Gasteiger charge is 2.13. The lowest BCUT2D eigenvalue weighted by atomic mass is 10.0. The first-order chi connectivity index (χ1) is 15.2. The first-order valence-corrected chi connectivity index (χ1v) is 11.5. The molecule has 1 heterocycles.